The molecule has 0 amide bonds. The average molecular weight is 401 g/mol. The van der Waals surface area contributed by atoms with Gasteiger partial charge in [0.25, 0.3) is 0 Å². The number of aliphatic hydroxyl groups is 2. The number of nitrogen functional groups attached to an aromatic ring is 1. The summed E-state index contributed by atoms with van der Waals surface area (Å²) in [6.45, 7) is 6.26. The largest absolute Gasteiger partial charge is 0.493 e. The molecule has 2 atom stereocenters. The van der Waals surface area contributed by atoms with Gasteiger partial charge in [0.15, 0.2) is 0 Å². The van der Waals surface area contributed by atoms with Crippen LogP contribution >= 0.6 is 0 Å². The lowest BCUT2D eigenvalue weighted by Gasteiger charge is -2.47. The summed E-state index contributed by atoms with van der Waals surface area (Å²) in [6, 6.07) is 3.27. The van der Waals surface area contributed by atoms with Gasteiger partial charge in [0, 0.05) is 42.1 Å². The van der Waals surface area contributed by atoms with Crippen LogP contribution in [0.3, 0.4) is 0 Å². The van der Waals surface area contributed by atoms with Gasteiger partial charge < -0.3 is 30.2 Å². The number of hydrogen-bond donors (Lipinski definition) is 3. The summed E-state index contributed by atoms with van der Waals surface area (Å²) in [6.07, 6.45) is 5.58. The Morgan fingerprint density at radius 2 is 1.62 bits per heavy atom. The van der Waals surface area contributed by atoms with Crippen LogP contribution in [0.15, 0.2) is 12.1 Å². The molecule has 2 unspecified atom stereocenters. The van der Waals surface area contributed by atoms with Crippen LogP contribution in [0.25, 0.3) is 0 Å². The van der Waals surface area contributed by atoms with Crippen molar-refractivity contribution in [2.45, 2.75) is 44.8 Å². The predicted octanol–water partition coefficient (Wildman–Crippen LogP) is 1.68. The molecule has 8 heteroatoms. The van der Waals surface area contributed by atoms with E-state index < -0.39 is 24.0 Å². The molecule has 0 radical (unpaired) electrons. The van der Waals surface area contributed by atoms with Gasteiger partial charge in [0.05, 0.1) is 31.1 Å². The standard InChI is InChI=1S/C21H27N3O5/c1-6-27-12-9-13(28-7-2)16(14(10-12)29-8-3)18-19(25)17(20(18)26)15-11(4)23-24(5)21(15)22/h1,9-10,17-20,25-26H,7-8,22H2,2-5H3. The Hall–Kier alpha value is -2.89. The van der Waals surface area contributed by atoms with Crippen molar-refractivity contribution >= 4 is 5.82 Å². The van der Waals surface area contributed by atoms with Crippen LogP contribution in [0.1, 0.15) is 42.5 Å². The molecule has 1 aromatic carbocycles. The van der Waals surface area contributed by atoms with E-state index in [9.17, 15) is 10.2 Å². The molecule has 29 heavy (non-hydrogen) atoms. The minimum absolute atomic E-state index is 0.384. The summed E-state index contributed by atoms with van der Waals surface area (Å²) >= 11 is 0. The van der Waals surface area contributed by atoms with Crippen LogP contribution in [-0.2, 0) is 7.05 Å². The number of aryl methyl sites for hydroxylation is 2. The zero-order valence-electron chi connectivity index (χ0n) is 17.0. The topological polar surface area (TPSA) is 112 Å². The molecule has 1 aromatic heterocycles. The molecule has 156 valence electrons. The first-order chi connectivity index (χ1) is 13.8. The van der Waals surface area contributed by atoms with Crippen molar-refractivity contribution in [1.29, 1.82) is 0 Å². The average Bonchev–Trinajstić information content (AvgIpc) is 2.91. The third kappa shape index (κ3) is 3.48. The fraction of sp³-hybridized carbons (Fsp3) is 0.476. The smallest absolute Gasteiger partial charge is 0.147 e. The van der Waals surface area contributed by atoms with E-state index in [0.717, 1.165) is 0 Å². The number of nitrogens with zero attached hydrogens (tertiary/aromatic N) is 2. The lowest BCUT2D eigenvalue weighted by molar-refractivity contribution is -0.0799. The number of rotatable bonds is 7. The first-order valence-corrected chi connectivity index (χ1v) is 9.56. The maximum absolute atomic E-state index is 11.0. The number of ether oxygens (including phenoxy) is 3. The number of aliphatic hydroxyl groups excluding tert-OH is 2. The third-order valence-electron chi connectivity index (χ3n) is 5.31. The van der Waals surface area contributed by atoms with Crippen LogP contribution in [0.5, 0.6) is 17.2 Å². The van der Waals surface area contributed by atoms with Gasteiger partial charge in [-0.25, -0.2) is 0 Å². The van der Waals surface area contributed by atoms with Gasteiger partial charge >= 0.3 is 0 Å². The summed E-state index contributed by atoms with van der Waals surface area (Å²) in [7, 11) is 1.73. The summed E-state index contributed by atoms with van der Waals surface area (Å²) in [5, 5.41) is 26.4. The van der Waals surface area contributed by atoms with Gasteiger partial charge in [0.2, 0.25) is 0 Å². The van der Waals surface area contributed by atoms with Crippen molar-refractivity contribution < 1.29 is 24.4 Å². The van der Waals surface area contributed by atoms with Crippen molar-refractivity contribution in [3.05, 3.63) is 29.0 Å². The number of benzene rings is 1. The highest BCUT2D eigenvalue weighted by atomic mass is 16.5. The number of hydrogen-bond acceptors (Lipinski definition) is 7. The van der Waals surface area contributed by atoms with Gasteiger partial charge in [-0.05, 0) is 20.8 Å². The first kappa shape index (κ1) is 20.8. The van der Waals surface area contributed by atoms with E-state index >= 15 is 0 Å². The minimum Gasteiger partial charge on any atom is -0.493 e. The lowest BCUT2D eigenvalue weighted by atomic mass is 9.62. The van der Waals surface area contributed by atoms with Crippen LogP contribution in [-0.4, -0.2) is 45.4 Å². The van der Waals surface area contributed by atoms with E-state index in [1.54, 1.807) is 23.9 Å². The number of anilines is 1. The number of terminal acetylenes is 1. The molecular weight excluding hydrogens is 374 g/mol. The Morgan fingerprint density at radius 1 is 1.10 bits per heavy atom. The molecule has 0 saturated heterocycles. The van der Waals surface area contributed by atoms with Crippen molar-refractivity contribution in [3.63, 3.8) is 0 Å². The molecule has 8 nitrogen and oxygen atoms in total. The van der Waals surface area contributed by atoms with Gasteiger partial charge in [-0.3, -0.25) is 4.68 Å². The Kier molecular flexibility index (Phi) is 5.91. The van der Waals surface area contributed by atoms with Crippen LogP contribution in [0, 0.1) is 19.5 Å². The fourth-order valence-electron chi connectivity index (χ4n) is 4.08. The van der Waals surface area contributed by atoms with E-state index in [0.29, 0.717) is 53.1 Å². The SMILES string of the molecule is C#COc1cc(OCC)c(C2C(O)C(c3c(C)nn(C)c3N)C2O)c(OCC)c1. The Labute approximate surface area is 170 Å². The Balaban J connectivity index is 2.05. The van der Waals surface area contributed by atoms with Crippen LogP contribution in [0.2, 0.25) is 0 Å². The van der Waals surface area contributed by atoms with Crippen molar-refractivity contribution in [2.75, 3.05) is 18.9 Å². The zero-order chi connectivity index (χ0) is 21.3. The molecule has 1 aliphatic rings. The molecule has 0 spiro atoms. The van der Waals surface area contributed by atoms with Gasteiger partial charge in [-0.1, -0.05) is 6.42 Å². The van der Waals surface area contributed by atoms with Gasteiger partial charge in [-0.15, -0.1) is 0 Å². The normalized spacial score (nSPS) is 23.2. The first-order valence-electron chi connectivity index (χ1n) is 9.56. The maximum atomic E-state index is 11.0. The van der Waals surface area contributed by atoms with E-state index in [1.165, 1.54) is 0 Å². The summed E-state index contributed by atoms with van der Waals surface area (Å²) in [4.78, 5) is 0. The quantitative estimate of drug-likeness (QED) is 0.605. The molecule has 0 bridgehead atoms. The summed E-state index contributed by atoms with van der Waals surface area (Å²) in [5.74, 6) is 0.524. The molecule has 0 aliphatic heterocycles. The molecule has 1 heterocycles. The molecular formula is C21H27N3O5. The fourth-order valence-corrected chi connectivity index (χ4v) is 4.08. The number of nitrogens with two attached hydrogens (primary N) is 1. The van der Waals surface area contributed by atoms with E-state index in [4.69, 9.17) is 26.4 Å². The van der Waals surface area contributed by atoms with Crippen molar-refractivity contribution in [1.82, 2.24) is 9.78 Å². The van der Waals surface area contributed by atoms with Crippen molar-refractivity contribution in [3.8, 4) is 29.8 Å². The van der Waals surface area contributed by atoms with Gasteiger partial charge in [-0.2, -0.15) is 5.10 Å². The highest BCUT2D eigenvalue weighted by molar-refractivity contribution is 5.57. The molecule has 1 aliphatic carbocycles. The Bertz CT molecular complexity index is 896. The highest BCUT2D eigenvalue weighted by Gasteiger charge is 2.54. The second kappa shape index (κ2) is 8.23. The molecule has 3 rings (SSSR count). The second-order valence-electron chi connectivity index (χ2n) is 6.96. The number of aromatic nitrogens is 2. The maximum Gasteiger partial charge on any atom is 0.147 e. The van der Waals surface area contributed by atoms with E-state index in [1.807, 2.05) is 20.8 Å². The monoisotopic (exact) mass is 401 g/mol. The zero-order valence-corrected chi connectivity index (χ0v) is 17.0. The van der Waals surface area contributed by atoms with Crippen molar-refractivity contribution in [2.24, 2.45) is 7.05 Å². The molecule has 2 aromatic rings. The van der Waals surface area contributed by atoms with Crippen LogP contribution in [0.4, 0.5) is 5.82 Å². The van der Waals surface area contributed by atoms with E-state index in [-0.39, 0.29) is 0 Å². The third-order valence-corrected chi connectivity index (χ3v) is 5.31. The summed E-state index contributed by atoms with van der Waals surface area (Å²) < 4.78 is 18.2. The lowest BCUT2D eigenvalue weighted by Crippen LogP contribution is -2.52. The molecule has 1 saturated carbocycles. The Morgan fingerprint density at radius 3 is 2.03 bits per heavy atom. The molecule has 4 N–H and O–H groups in total. The van der Waals surface area contributed by atoms with Gasteiger partial charge in [0.1, 0.15) is 29.2 Å². The minimum atomic E-state index is -0.895. The molecule has 1 fully saturated rings. The predicted molar refractivity (Wildman–Crippen MR) is 108 cm³/mol. The second-order valence-corrected chi connectivity index (χ2v) is 6.96. The highest BCUT2D eigenvalue weighted by Crippen LogP contribution is 2.55. The summed E-state index contributed by atoms with van der Waals surface area (Å²) in [5.41, 5.74) is 8.04. The van der Waals surface area contributed by atoms with Crippen LogP contribution < -0.4 is 19.9 Å². The van der Waals surface area contributed by atoms with E-state index in [2.05, 4.69) is 11.2 Å².